The van der Waals surface area contributed by atoms with Gasteiger partial charge in [0.1, 0.15) is 6.61 Å². The number of fused-ring (bicyclic) bond motifs is 3. The van der Waals surface area contributed by atoms with Gasteiger partial charge in [0, 0.05) is 19.1 Å². The fourth-order valence-corrected chi connectivity index (χ4v) is 11.1. The molecule has 8 heteroatoms. The average molecular weight is 668 g/mol. The maximum Gasteiger partial charge on any atom is 0.407 e. The monoisotopic (exact) mass is 667 g/mol. The van der Waals surface area contributed by atoms with Gasteiger partial charge in [-0.05, 0) is 44.1 Å². The van der Waals surface area contributed by atoms with Crippen molar-refractivity contribution < 1.29 is 28.2 Å². The first kappa shape index (κ1) is 35.5. The summed E-state index contributed by atoms with van der Waals surface area (Å²) < 4.78 is 29.6. The van der Waals surface area contributed by atoms with Crippen molar-refractivity contribution in [2.75, 3.05) is 59.4 Å². The molecule has 0 heterocycles. The molecule has 0 bridgehead atoms. The number of carbonyl (C=O) groups is 1. The molecule has 1 aliphatic carbocycles. The predicted octanol–water partition coefficient (Wildman–Crippen LogP) is 6.54. The van der Waals surface area contributed by atoms with Crippen molar-refractivity contribution in [2.45, 2.75) is 38.1 Å². The number of benzene rings is 4. The summed E-state index contributed by atoms with van der Waals surface area (Å²) in [5.74, 6) is 0.0547. The highest BCUT2D eigenvalue weighted by Crippen LogP contribution is 2.44. The molecule has 0 atom stereocenters. The van der Waals surface area contributed by atoms with Crippen molar-refractivity contribution in [3.8, 4) is 11.1 Å². The zero-order valence-corrected chi connectivity index (χ0v) is 29.5. The molecule has 0 aromatic heterocycles. The second-order valence-corrected chi connectivity index (χ2v) is 17.3. The minimum Gasteiger partial charge on any atom is -0.449 e. The Balaban J connectivity index is 0.906. The predicted molar refractivity (Wildman–Crippen MR) is 194 cm³/mol. The molecule has 4 aromatic rings. The first-order valence-electron chi connectivity index (χ1n) is 17.0. The van der Waals surface area contributed by atoms with Gasteiger partial charge in [-0.15, -0.1) is 0 Å². The van der Waals surface area contributed by atoms with Crippen LogP contribution in [0.4, 0.5) is 4.79 Å². The zero-order valence-electron chi connectivity index (χ0n) is 28.5. The number of hydrogen-bond acceptors (Lipinski definition) is 6. The molecule has 0 radical (unpaired) electrons. The van der Waals surface area contributed by atoms with Crippen LogP contribution in [0.5, 0.6) is 0 Å². The number of alkyl carbamates (subject to hydrolysis) is 1. The van der Waals surface area contributed by atoms with E-state index >= 15 is 0 Å². The van der Waals surface area contributed by atoms with Crippen LogP contribution in [0.1, 0.15) is 44.2 Å². The topological polar surface area (TPSA) is 75.3 Å². The molecule has 1 amide bonds. The summed E-state index contributed by atoms with van der Waals surface area (Å²) in [7, 11) is -2.55. The maximum absolute atomic E-state index is 12.3. The van der Waals surface area contributed by atoms with Crippen LogP contribution in [0.2, 0.25) is 5.04 Å². The van der Waals surface area contributed by atoms with E-state index in [1.54, 1.807) is 0 Å². The van der Waals surface area contributed by atoms with E-state index in [1.807, 2.05) is 24.3 Å². The van der Waals surface area contributed by atoms with Gasteiger partial charge in [-0.1, -0.05) is 130 Å². The quantitative estimate of drug-likeness (QED) is 0.0960. The Hall–Kier alpha value is -3.79. The van der Waals surface area contributed by atoms with Crippen LogP contribution in [0.3, 0.4) is 0 Å². The third-order valence-corrected chi connectivity index (χ3v) is 13.8. The number of ether oxygens (including phenoxy) is 4. The van der Waals surface area contributed by atoms with Gasteiger partial charge in [0.25, 0.3) is 8.32 Å². The van der Waals surface area contributed by atoms with E-state index in [2.05, 4.69) is 111 Å². The second kappa shape index (κ2) is 17.6. The lowest BCUT2D eigenvalue weighted by Crippen LogP contribution is -2.66. The summed E-state index contributed by atoms with van der Waals surface area (Å²) in [6.45, 7) is 11.1. The third kappa shape index (κ3) is 8.81. The first-order chi connectivity index (χ1) is 23.4. The van der Waals surface area contributed by atoms with Gasteiger partial charge in [-0.3, -0.25) is 0 Å². The lowest BCUT2D eigenvalue weighted by molar-refractivity contribution is 0.00848. The minimum atomic E-state index is -2.55. The summed E-state index contributed by atoms with van der Waals surface area (Å²) >= 11 is 0. The largest absolute Gasteiger partial charge is 0.449 e. The molecule has 7 nitrogen and oxygen atoms in total. The molecule has 0 saturated heterocycles. The maximum atomic E-state index is 12.3. The van der Waals surface area contributed by atoms with E-state index in [0.29, 0.717) is 65.8 Å². The fraction of sp³-hybridized carbons (Fsp3) is 0.375. The number of carbonyl (C=O) groups excluding carboxylic acids is 1. The van der Waals surface area contributed by atoms with Crippen LogP contribution in [0, 0.1) is 0 Å². The molecule has 4 aromatic carbocycles. The average Bonchev–Trinajstić information content (AvgIpc) is 3.43. The standard InChI is InChI=1S/C40H49NO6Si/c1-40(2,3)48(32-15-6-4-7-16-32,33-17-8-5-9-18-33)47-30-29-45-28-27-44-26-25-43-24-14-23-41-39(42)46-31-38-36-21-12-10-19-34(36)35-20-11-13-22-37(35)38/h4-13,15-22,38H,14,23-31H2,1-3H3,(H,41,42). The molecule has 254 valence electrons. The van der Waals surface area contributed by atoms with Gasteiger partial charge < -0.3 is 28.7 Å². The van der Waals surface area contributed by atoms with Crippen molar-refractivity contribution in [1.82, 2.24) is 5.32 Å². The van der Waals surface area contributed by atoms with Crippen LogP contribution < -0.4 is 15.7 Å². The van der Waals surface area contributed by atoms with Gasteiger partial charge in [0.15, 0.2) is 0 Å². The summed E-state index contributed by atoms with van der Waals surface area (Å²) in [6.07, 6.45) is 0.288. The highest BCUT2D eigenvalue weighted by Gasteiger charge is 2.50. The van der Waals surface area contributed by atoms with Crippen molar-refractivity contribution >= 4 is 24.8 Å². The lowest BCUT2D eigenvalue weighted by Gasteiger charge is -2.43. The van der Waals surface area contributed by atoms with Crippen LogP contribution in [0.25, 0.3) is 11.1 Å². The van der Waals surface area contributed by atoms with Crippen LogP contribution in [0.15, 0.2) is 109 Å². The van der Waals surface area contributed by atoms with Crippen molar-refractivity contribution in [3.05, 3.63) is 120 Å². The van der Waals surface area contributed by atoms with Gasteiger partial charge in [-0.2, -0.15) is 0 Å². The number of rotatable bonds is 18. The van der Waals surface area contributed by atoms with Gasteiger partial charge >= 0.3 is 6.09 Å². The molecular weight excluding hydrogens is 619 g/mol. The van der Waals surface area contributed by atoms with Gasteiger partial charge in [-0.25, -0.2) is 4.79 Å². The smallest absolute Gasteiger partial charge is 0.407 e. The molecule has 1 aliphatic rings. The Kier molecular flexibility index (Phi) is 13.0. The second-order valence-electron chi connectivity index (χ2n) is 13.0. The molecule has 0 unspecified atom stereocenters. The summed E-state index contributed by atoms with van der Waals surface area (Å²) in [5, 5.41) is 5.30. The highest BCUT2D eigenvalue weighted by molar-refractivity contribution is 6.99. The minimum absolute atomic E-state index is 0.0547. The van der Waals surface area contributed by atoms with E-state index in [4.69, 9.17) is 23.4 Å². The van der Waals surface area contributed by atoms with E-state index in [-0.39, 0.29) is 11.0 Å². The van der Waals surface area contributed by atoms with E-state index in [1.165, 1.54) is 32.6 Å². The molecule has 0 spiro atoms. The van der Waals surface area contributed by atoms with Crippen molar-refractivity contribution in [3.63, 3.8) is 0 Å². The number of amides is 1. The molecular formula is C40H49NO6Si. The van der Waals surface area contributed by atoms with Crippen molar-refractivity contribution in [2.24, 2.45) is 0 Å². The van der Waals surface area contributed by atoms with Gasteiger partial charge in [0.05, 0.1) is 39.6 Å². The molecule has 48 heavy (non-hydrogen) atoms. The Morgan fingerprint density at radius 3 is 1.60 bits per heavy atom. The fourth-order valence-electron chi connectivity index (χ4n) is 6.57. The molecule has 1 N–H and O–H groups in total. The number of nitrogens with one attached hydrogen (secondary N) is 1. The molecule has 0 fully saturated rings. The Bertz CT molecular complexity index is 1470. The molecule has 5 rings (SSSR count). The molecule has 0 saturated carbocycles. The van der Waals surface area contributed by atoms with E-state index < -0.39 is 14.4 Å². The van der Waals surface area contributed by atoms with E-state index in [0.717, 1.165) is 0 Å². The normalized spacial score (nSPS) is 12.8. The van der Waals surface area contributed by atoms with Crippen LogP contribution in [-0.2, 0) is 23.4 Å². The summed E-state index contributed by atoms with van der Waals surface area (Å²) in [4.78, 5) is 12.3. The summed E-state index contributed by atoms with van der Waals surface area (Å²) in [6, 6.07) is 37.9. The zero-order chi connectivity index (χ0) is 33.7. The van der Waals surface area contributed by atoms with Crippen LogP contribution >= 0.6 is 0 Å². The SMILES string of the molecule is CC(C)(C)[Si](OCCOCCOCCOCCCNC(=O)OCC1c2ccccc2-c2ccccc21)(c1ccccc1)c1ccccc1. The van der Waals surface area contributed by atoms with E-state index in [9.17, 15) is 4.79 Å². The Morgan fingerprint density at radius 1 is 0.625 bits per heavy atom. The van der Waals surface area contributed by atoms with Crippen LogP contribution in [-0.4, -0.2) is 73.8 Å². The third-order valence-electron chi connectivity index (χ3n) is 8.79. The van der Waals surface area contributed by atoms with Gasteiger partial charge in [0.2, 0.25) is 0 Å². The number of hydrogen-bond donors (Lipinski definition) is 1. The Morgan fingerprint density at radius 2 is 1.08 bits per heavy atom. The first-order valence-corrected chi connectivity index (χ1v) is 18.9. The highest BCUT2D eigenvalue weighted by atomic mass is 28.4. The molecule has 0 aliphatic heterocycles. The lowest BCUT2D eigenvalue weighted by atomic mass is 9.98. The summed E-state index contributed by atoms with van der Waals surface area (Å²) in [5.41, 5.74) is 4.84. The van der Waals surface area contributed by atoms with Crippen molar-refractivity contribution in [1.29, 1.82) is 0 Å². The Labute approximate surface area is 286 Å².